The highest BCUT2D eigenvalue weighted by atomic mass is 16.5. The van der Waals surface area contributed by atoms with Gasteiger partial charge in [-0.15, -0.1) is 0 Å². The van der Waals surface area contributed by atoms with E-state index in [9.17, 15) is 9.59 Å². The van der Waals surface area contributed by atoms with E-state index < -0.39 is 5.54 Å². The van der Waals surface area contributed by atoms with Gasteiger partial charge in [0.2, 0.25) is 11.8 Å². The number of hydrogen-bond acceptors (Lipinski definition) is 4. The van der Waals surface area contributed by atoms with Crippen LogP contribution in [0.15, 0.2) is 0 Å². The first-order chi connectivity index (χ1) is 9.49. The van der Waals surface area contributed by atoms with Crippen LogP contribution in [0.5, 0.6) is 0 Å². The van der Waals surface area contributed by atoms with Crippen LogP contribution in [-0.2, 0) is 14.3 Å². The second-order valence-corrected chi connectivity index (χ2v) is 6.47. The fraction of sp³-hybridized carbons (Fsp3) is 0.857. The number of nitrogens with two attached hydrogens (primary N) is 1. The van der Waals surface area contributed by atoms with Gasteiger partial charge in [-0.25, -0.2) is 0 Å². The maximum atomic E-state index is 12.3. The van der Waals surface area contributed by atoms with E-state index in [1.54, 1.807) is 0 Å². The number of ether oxygens (including phenoxy) is 1. The van der Waals surface area contributed by atoms with Crippen molar-refractivity contribution in [3.05, 3.63) is 0 Å². The Kier molecular flexibility index (Phi) is 3.46. The number of carbonyl (C=O) groups excluding carboxylic acids is 2. The van der Waals surface area contributed by atoms with Crippen molar-refractivity contribution in [2.45, 2.75) is 50.2 Å². The van der Waals surface area contributed by atoms with Crippen LogP contribution in [0, 0.1) is 5.92 Å². The van der Waals surface area contributed by atoms with Crippen molar-refractivity contribution in [2.75, 3.05) is 19.8 Å². The maximum absolute atomic E-state index is 12.3. The fourth-order valence-corrected chi connectivity index (χ4v) is 3.18. The molecule has 0 radical (unpaired) electrons. The first-order valence-electron chi connectivity index (χ1n) is 7.47. The van der Waals surface area contributed by atoms with Crippen LogP contribution in [0.4, 0.5) is 0 Å². The molecule has 20 heavy (non-hydrogen) atoms. The summed E-state index contributed by atoms with van der Waals surface area (Å²) in [5.41, 5.74) is 5.32. The third kappa shape index (κ3) is 2.54. The zero-order valence-corrected chi connectivity index (χ0v) is 11.9. The first-order valence-corrected chi connectivity index (χ1v) is 7.47. The molecule has 3 aliphatic rings. The zero-order chi connectivity index (χ0) is 14.3. The van der Waals surface area contributed by atoms with Gasteiger partial charge < -0.3 is 20.7 Å². The average molecular weight is 281 g/mol. The first kappa shape index (κ1) is 13.8. The van der Waals surface area contributed by atoms with Gasteiger partial charge in [-0.3, -0.25) is 9.59 Å². The van der Waals surface area contributed by atoms with Gasteiger partial charge in [0.1, 0.15) is 0 Å². The van der Waals surface area contributed by atoms with E-state index in [1.807, 2.05) is 4.90 Å². The minimum atomic E-state index is -0.832. The molecule has 1 saturated carbocycles. The third-order valence-corrected chi connectivity index (χ3v) is 4.80. The van der Waals surface area contributed by atoms with Crippen LogP contribution < -0.4 is 11.1 Å². The van der Waals surface area contributed by atoms with E-state index in [0.717, 1.165) is 6.42 Å². The monoisotopic (exact) mass is 281 g/mol. The molecule has 3 unspecified atom stereocenters. The number of likely N-dealkylation sites (tertiary alicyclic amines) is 1. The van der Waals surface area contributed by atoms with Crippen LogP contribution >= 0.6 is 0 Å². The Morgan fingerprint density at radius 3 is 2.70 bits per heavy atom. The van der Waals surface area contributed by atoms with E-state index in [1.165, 1.54) is 0 Å². The summed E-state index contributed by atoms with van der Waals surface area (Å²) in [4.78, 5) is 26.2. The molecule has 6 nitrogen and oxygen atoms in total. The molecule has 2 aliphatic heterocycles. The average Bonchev–Trinajstić information content (AvgIpc) is 3.01. The van der Waals surface area contributed by atoms with E-state index in [2.05, 4.69) is 12.2 Å². The van der Waals surface area contributed by atoms with Crippen molar-refractivity contribution in [2.24, 2.45) is 11.7 Å². The molecule has 0 bridgehead atoms. The van der Waals surface area contributed by atoms with Crippen LogP contribution in [0.25, 0.3) is 0 Å². The summed E-state index contributed by atoms with van der Waals surface area (Å²) in [6.07, 6.45) is 2.58. The number of nitrogens with zero attached hydrogens (tertiary/aromatic N) is 1. The largest absolute Gasteiger partial charge is 0.381 e. The summed E-state index contributed by atoms with van der Waals surface area (Å²) in [6.45, 7) is 3.84. The van der Waals surface area contributed by atoms with Gasteiger partial charge in [-0.05, 0) is 25.2 Å². The van der Waals surface area contributed by atoms with Crippen molar-refractivity contribution in [1.29, 1.82) is 0 Å². The smallest absolute Gasteiger partial charge is 0.240 e. The highest BCUT2D eigenvalue weighted by Crippen LogP contribution is 2.37. The number of nitrogens with one attached hydrogen (secondary N) is 1. The summed E-state index contributed by atoms with van der Waals surface area (Å²) in [5.74, 6) is 0.622. The lowest BCUT2D eigenvalue weighted by Crippen LogP contribution is -2.59. The van der Waals surface area contributed by atoms with E-state index in [4.69, 9.17) is 10.5 Å². The predicted octanol–water partition coefficient (Wildman–Crippen LogP) is -0.380. The van der Waals surface area contributed by atoms with Gasteiger partial charge >= 0.3 is 0 Å². The molecule has 0 aromatic carbocycles. The second-order valence-electron chi connectivity index (χ2n) is 6.47. The van der Waals surface area contributed by atoms with Crippen LogP contribution in [0.3, 0.4) is 0 Å². The number of rotatable bonds is 3. The minimum absolute atomic E-state index is 0.0916. The molecular formula is C14H23N3O3. The molecular weight excluding hydrogens is 258 g/mol. The molecule has 2 saturated heterocycles. The number of amides is 2. The van der Waals surface area contributed by atoms with Gasteiger partial charge in [0, 0.05) is 32.2 Å². The lowest BCUT2D eigenvalue weighted by Gasteiger charge is -2.32. The number of carbonyl (C=O) groups is 2. The van der Waals surface area contributed by atoms with Crippen molar-refractivity contribution in [1.82, 2.24) is 10.2 Å². The maximum Gasteiger partial charge on any atom is 0.240 e. The molecule has 0 aromatic heterocycles. The fourth-order valence-electron chi connectivity index (χ4n) is 3.18. The minimum Gasteiger partial charge on any atom is -0.381 e. The molecule has 0 spiro atoms. The predicted molar refractivity (Wildman–Crippen MR) is 72.8 cm³/mol. The Morgan fingerprint density at radius 2 is 2.10 bits per heavy atom. The Hall–Kier alpha value is -1.14. The normalized spacial score (nSPS) is 36.0. The van der Waals surface area contributed by atoms with Crippen LogP contribution in [0.1, 0.15) is 32.6 Å². The van der Waals surface area contributed by atoms with Gasteiger partial charge in [-0.1, -0.05) is 6.92 Å². The molecule has 3 rings (SSSR count). The van der Waals surface area contributed by atoms with Crippen molar-refractivity contribution in [3.63, 3.8) is 0 Å². The van der Waals surface area contributed by atoms with E-state index >= 15 is 0 Å². The van der Waals surface area contributed by atoms with Crippen LogP contribution in [-0.4, -0.2) is 54.1 Å². The van der Waals surface area contributed by atoms with Crippen molar-refractivity contribution < 1.29 is 14.3 Å². The summed E-state index contributed by atoms with van der Waals surface area (Å²) in [5, 5.41) is 2.96. The lowest BCUT2D eigenvalue weighted by atomic mass is 9.90. The van der Waals surface area contributed by atoms with Gasteiger partial charge in [0.25, 0.3) is 0 Å². The van der Waals surface area contributed by atoms with Gasteiger partial charge in [-0.2, -0.15) is 0 Å². The molecule has 3 atom stereocenters. The molecule has 6 heteroatoms. The number of hydrogen-bond donors (Lipinski definition) is 2. The molecule has 3 fully saturated rings. The molecule has 2 amide bonds. The highest BCUT2D eigenvalue weighted by molar-refractivity contribution is 5.88. The Balaban J connectivity index is 1.56. The zero-order valence-electron chi connectivity index (χ0n) is 11.9. The van der Waals surface area contributed by atoms with Crippen LogP contribution in [0.2, 0.25) is 0 Å². The lowest BCUT2D eigenvalue weighted by molar-refractivity contribution is -0.130. The molecule has 1 aliphatic carbocycles. The SMILES string of the molecule is CC1CC1N1CC(NC(=O)C2(N)CCOCC2)CC1=O. The Bertz CT molecular complexity index is 420. The third-order valence-electron chi connectivity index (χ3n) is 4.80. The molecule has 3 N–H and O–H groups in total. The summed E-state index contributed by atoms with van der Waals surface area (Å²) < 4.78 is 5.25. The molecule has 112 valence electrons. The summed E-state index contributed by atoms with van der Waals surface area (Å²) in [7, 11) is 0. The van der Waals surface area contributed by atoms with Gasteiger partial charge in [0.15, 0.2) is 0 Å². The summed E-state index contributed by atoms with van der Waals surface area (Å²) in [6, 6.07) is 0.297. The topological polar surface area (TPSA) is 84.7 Å². The van der Waals surface area contributed by atoms with E-state index in [-0.39, 0.29) is 17.9 Å². The second kappa shape index (κ2) is 5.00. The standard InChI is InChI=1S/C14H23N3O3/c1-9-6-11(9)17-8-10(7-12(17)18)16-13(19)14(15)2-4-20-5-3-14/h9-11H,2-8,15H2,1H3,(H,16,19). The molecule has 2 heterocycles. The quantitative estimate of drug-likeness (QED) is 0.738. The highest BCUT2D eigenvalue weighted by Gasteiger charge is 2.46. The summed E-state index contributed by atoms with van der Waals surface area (Å²) >= 11 is 0. The Labute approximate surface area is 119 Å². The molecule has 0 aromatic rings. The van der Waals surface area contributed by atoms with E-state index in [0.29, 0.717) is 51.0 Å². The Morgan fingerprint density at radius 1 is 1.45 bits per heavy atom. The van der Waals surface area contributed by atoms with Crippen molar-refractivity contribution in [3.8, 4) is 0 Å². The van der Waals surface area contributed by atoms with Gasteiger partial charge in [0.05, 0.1) is 11.6 Å². The van der Waals surface area contributed by atoms with Crippen molar-refractivity contribution >= 4 is 11.8 Å².